The van der Waals surface area contributed by atoms with Gasteiger partial charge in [-0.25, -0.2) is 4.79 Å². The predicted molar refractivity (Wildman–Crippen MR) is 147 cm³/mol. The van der Waals surface area contributed by atoms with Gasteiger partial charge in [-0.1, -0.05) is 91.0 Å². The average Bonchev–Trinajstić information content (AvgIpc) is 3.00. The lowest BCUT2D eigenvalue weighted by Crippen LogP contribution is -2.61. The number of hydrogen-bond acceptors (Lipinski definition) is 8. The second-order valence-corrected chi connectivity index (χ2v) is 9.70. The summed E-state index contributed by atoms with van der Waals surface area (Å²) in [6.45, 7) is 1.02. The summed E-state index contributed by atoms with van der Waals surface area (Å²) in [6, 6.07) is 29.2. The largest absolute Gasteiger partial charge is 0.469 e. The molecule has 0 spiro atoms. The fourth-order valence-corrected chi connectivity index (χ4v) is 4.80. The summed E-state index contributed by atoms with van der Waals surface area (Å²) >= 11 is 0. The summed E-state index contributed by atoms with van der Waals surface area (Å²) in [7, 11) is 2.54. The SMILES string of the molecule is COC(=O)C[C@@]1(C(=O)OC)C[C@@H](OCc2ccccc2)[C@H](OCc2ccccc2)[C@@H](COCc2ccccc2)O1. The van der Waals surface area contributed by atoms with Gasteiger partial charge in [-0.15, -0.1) is 0 Å². The fourth-order valence-electron chi connectivity index (χ4n) is 4.80. The molecular formula is C32H36O8. The Bertz CT molecular complexity index is 1190. The predicted octanol–water partition coefficient (Wildman–Crippen LogP) is 4.64. The summed E-state index contributed by atoms with van der Waals surface area (Å²) in [4.78, 5) is 25.7. The number of carbonyl (C=O) groups excluding carboxylic acids is 2. The van der Waals surface area contributed by atoms with Gasteiger partial charge < -0.3 is 28.4 Å². The highest BCUT2D eigenvalue weighted by Crippen LogP contribution is 2.37. The summed E-state index contributed by atoms with van der Waals surface area (Å²) in [6.07, 6.45) is -2.26. The van der Waals surface area contributed by atoms with Crippen molar-refractivity contribution >= 4 is 11.9 Å². The molecule has 1 saturated heterocycles. The van der Waals surface area contributed by atoms with E-state index in [2.05, 4.69) is 0 Å². The second-order valence-electron chi connectivity index (χ2n) is 9.70. The Morgan fingerprint density at radius 3 is 1.80 bits per heavy atom. The van der Waals surface area contributed by atoms with Crippen molar-refractivity contribution in [1.29, 1.82) is 0 Å². The molecule has 1 fully saturated rings. The van der Waals surface area contributed by atoms with Gasteiger partial charge in [0.15, 0.2) is 5.60 Å². The zero-order valence-corrected chi connectivity index (χ0v) is 22.9. The minimum absolute atomic E-state index is 0.0379. The Labute approximate surface area is 235 Å². The first-order valence-corrected chi connectivity index (χ1v) is 13.3. The first-order chi connectivity index (χ1) is 19.5. The van der Waals surface area contributed by atoms with Gasteiger partial charge in [0, 0.05) is 6.42 Å². The molecule has 40 heavy (non-hydrogen) atoms. The molecule has 0 unspecified atom stereocenters. The number of esters is 2. The van der Waals surface area contributed by atoms with Crippen LogP contribution in [0.25, 0.3) is 0 Å². The van der Waals surface area contributed by atoms with E-state index in [1.165, 1.54) is 14.2 Å². The van der Waals surface area contributed by atoms with E-state index in [1.807, 2.05) is 91.0 Å². The molecule has 3 aromatic carbocycles. The quantitative estimate of drug-likeness (QED) is 0.286. The van der Waals surface area contributed by atoms with Crippen molar-refractivity contribution in [3.63, 3.8) is 0 Å². The van der Waals surface area contributed by atoms with Crippen LogP contribution in [0.1, 0.15) is 29.5 Å². The highest BCUT2D eigenvalue weighted by atomic mass is 16.6. The number of hydrogen-bond donors (Lipinski definition) is 0. The van der Waals surface area contributed by atoms with Crippen LogP contribution >= 0.6 is 0 Å². The van der Waals surface area contributed by atoms with Crippen molar-refractivity contribution in [2.45, 2.75) is 56.6 Å². The minimum Gasteiger partial charge on any atom is -0.469 e. The van der Waals surface area contributed by atoms with Crippen LogP contribution in [0.3, 0.4) is 0 Å². The molecule has 1 aliphatic rings. The fraction of sp³-hybridized carbons (Fsp3) is 0.375. The number of rotatable bonds is 13. The van der Waals surface area contributed by atoms with Gasteiger partial charge in [-0.3, -0.25) is 4.79 Å². The highest BCUT2D eigenvalue weighted by molar-refractivity contribution is 5.86. The molecule has 3 aromatic rings. The lowest BCUT2D eigenvalue weighted by atomic mass is 9.84. The lowest BCUT2D eigenvalue weighted by Gasteiger charge is -2.46. The molecule has 4 atom stereocenters. The normalized spacial score (nSPS) is 22.4. The number of carbonyl (C=O) groups is 2. The van der Waals surface area contributed by atoms with Gasteiger partial charge >= 0.3 is 11.9 Å². The van der Waals surface area contributed by atoms with E-state index in [0.29, 0.717) is 13.2 Å². The van der Waals surface area contributed by atoms with Crippen LogP contribution in [-0.2, 0) is 57.8 Å². The van der Waals surface area contributed by atoms with Crippen LogP contribution in [0.4, 0.5) is 0 Å². The van der Waals surface area contributed by atoms with Gasteiger partial charge in [0.1, 0.15) is 12.2 Å². The molecule has 0 aliphatic carbocycles. The average molecular weight is 549 g/mol. The molecule has 1 heterocycles. The Morgan fingerprint density at radius 1 is 0.750 bits per heavy atom. The van der Waals surface area contributed by atoms with Crippen LogP contribution in [0.2, 0.25) is 0 Å². The molecule has 8 heteroatoms. The summed E-state index contributed by atoms with van der Waals surface area (Å²) < 4.78 is 35.4. The standard InChI is InChI=1S/C32H36O8/c1-35-29(33)19-32(31(34)36-2)18-27(38-21-25-14-8-4-9-15-25)30(39-22-26-16-10-5-11-17-26)28(40-32)23-37-20-24-12-6-3-7-13-24/h3-17,27-28,30H,18-23H2,1-2H3/t27-,28-,30+,32-/m1/s1. The Kier molecular flexibility index (Phi) is 10.8. The summed E-state index contributed by atoms with van der Waals surface area (Å²) in [5.41, 5.74) is 1.30. The molecule has 8 nitrogen and oxygen atoms in total. The monoisotopic (exact) mass is 548 g/mol. The van der Waals surface area contributed by atoms with Gasteiger partial charge in [-0.2, -0.15) is 0 Å². The second kappa shape index (κ2) is 14.7. The molecule has 212 valence electrons. The molecule has 4 rings (SSSR count). The van der Waals surface area contributed by atoms with Crippen LogP contribution in [0, 0.1) is 0 Å². The van der Waals surface area contributed by atoms with Crippen molar-refractivity contribution in [3.8, 4) is 0 Å². The van der Waals surface area contributed by atoms with Crippen LogP contribution in [0.5, 0.6) is 0 Å². The van der Waals surface area contributed by atoms with Gasteiger partial charge in [0.05, 0.1) is 53.2 Å². The van der Waals surface area contributed by atoms with Gasteiger partial charge in [0.2, 0.25) is 0 Å². The Morgan fingerprint density at radius 2 is 1.27 bits per heavy atom. The molecule has 0 bridgehead atoms. The first-order valence-electron chi connectivity index (χ1n) is 13.3. The minimum atomic E-state index is -1.63. The molecular weight excluding hydrogens is 512 g/mol. The van der Waals surface area contributed by atoms with Crippen LogP contribution in [0.15, 0.2) is 91.0 Å². The highest BCUT2D eigenvalue weighted by Gasteiger charge is 2.55. The third kappa shape index (κ3) is 7.99. The molecule has 0 aromatic heterocycles. The van der Waals surface area contributed by atoms with Crippen molar-refractivity contribution in [1.82, 2.24) is 0 Å². The van der Waals surface area contributed by atoms with Crippen molar-refractivity contribution < 1.29 is 38.0 Å². The van der Waals surface area contributed by atoms with Crippen LogP contribution < -0.4 is 0 Å². The third-order valence-electron chi connectivity index (χ3n) is 6.84. The van der Waals surface area contributed by atoms with E-state index in [1.54, 1.807) is 0 Å². The maximum Gasteiger partial charge on any atom is 0.338 e. The van der Waals surface area contributed by atoms with Crippen LogP contribution in [-0.4, -0.2) is 56.7 Å². The zero-order chi connectivity index (χ0) is 28.2. The molecule has 0 N–H and O–H groups in total. The number of methoxy groups -OCH3 is 2. The van der Waals surface area contributed by atoms with E-state index in [4.69, 9.17) is 28.4 Å². The van der Waals surface area contributed by atoms with Gasteiger partial charge in [0.25, 0.3) is 0 Å². The van der Waals surface area contributed by atoms with Crippen molar-refractivity contribution in [3.05, 3.63) is 108 Å². The molecule has 1 aliphatic heterocycles. The molecule has 0 saturated carbocycles. The molecule has 0 radical (unpaired) electrons. The topological polar surface area (TPSA) is 89.5 Å². The maximum atomic E-state index is 13.2. The Hall–Kier alpha value is -3.56. The van der Waals surface area contributed by atoms with E-state index >= 15 is 0 Å². The zero-order valence-electron chi connectivity index (χ0n) is 22.9. The number of benzene rings is 3. The third-order valence-corrected chi connectivity index (χ3v) is 6.84. The summed E-state index contributed by atoms with van der Waals surface area (Å²) in [5, 5.41) is 0. The van der Waals surface area contributed by atoms with Crippen molar-refractivity contribution in [2.75, 3.05) is 20.8 Å². The van der Waals surface area contributed by atoms with Crippen molar-refractivity contribution in [2.24, 2.45) is 0 Å². The maximum absolute atomic E-state index is 13.2. The lowest BCUT2D eigenvalue weighted by molar-refractivity contribution is -0.258. The van der Waals surface area contributed by atoms with E-state index in [-0.39, 0.29) is 26.1 Å². The Balaban J connectivity index is 1.62. The first kappa shape index (κ1) is 29.4. The smallest absolute Gasteiger partial charge is 0.338 e. The van der Waals surface area contributed by atoms with Gasteiger partial charge in [-0.05, 0) is 16.7 Å². The van der Waals surface area contributed by atoms with E-state index in [0.717, 1.165) is 16.7 Å². The van der Waals surface area contributed by atoms with E-state index < -0.39 is 35.9 Å². The number of ether oxygens (including phenoxy) is 6. The van der Waals surface area contributed by atoms with E-state index in [9.17, 15) is 9.59 Å². The molecule has 0 amide bonds. The summed E-state index contributed by atoms with van der Waals surface area (Å²) in [5.74, 6) is -1.28.